The minimum atomic E-state index is -0.102. The maximum atomic E-state index is 6.14. The third-order valence-corrected chi connectivity index (χ3v) is 3.50. The zero-order valence-electron chi connectivity index (χ0n) is 10.5. The van der Waals surface area contributed by atoms with Crippen LogP contribution < -0.4 is 5.73 Å². The Morgan fingerprint density at radius 1 is 1.19 bits per heavy atom. The molecule has 1 nitrogen and oxygen atoms in total. The van der Waals surface area contributed by atoms with Crippen molar-refractivity contribution in [3.05, 3.63) is 35.4 Å². The van der Waals surface area contributed by atoms with E-state index in [-0.39, 0.29) is 5.54 Å². The van der Waals surface area contributed by atoms with Gasteiger partial charge in [0.05, 0.1) is 0 Å². The first-order valence-corrected chi connectivity index (χ1v) is 6.43. The molecule has 0 aliphatic heterocycles. The summed E-state index contributed by atoms with van der Waals surface area (Å²) in [7, 11) is 0. The normalized spacial score (nSPS) is 17.9. The molecule has 0 unspecified atom stereocenters. The molecule has 0 saturated heterocycles. The van der Waals surface area contributed by atoms with Crippen molar-refractivity contribution in [3.63, 3.8) is 0 Å². The Hall–Kier alpha value is -0.820. The van der Waals surface area contributed by atoms with Crippen LogP contribution in [0.5, 0.6) is 0 Å². The van der Waals surface area contributed by atoms with Crippen LogP contribution >= 0.6 is 0 Å². The average molecular weight is 217 g/mol. The van der Waals surface area contributed by atoms with Crippen LogP contribution in [0, 0.1) is 0 Å². The summed E-state index contributed by atoms with van der Waals surface area (Å²) in [4.78, 5) is 0. The Morgan fingerprint density at radius 2 is 1.81 bits per heavy atom. The van der Waals surface area contributed by atoms with Gasteiger partial charge in [-0.3, -0.25) is 0 Å². The first kappa shape index (κ1) is 11.7. The Kier molecular flexibility index (Phi) is 3.34. The van der Waals surface area contributed by atoms with E-state index in [0.29, 0.717) is 0 Å². The lowest BCUT2D eigenvalue weighted by Crippen LogP contribution is -2.34. The van der Waals surface area contributed by atoms with E-state index in [4.69, 9.17) is 5.73 Å². The molecule has 0 spiro atoms. The van der Waals surface area contributed by atoms with Crippen LogP contribution in [0.1, 0.15) is 56.6 Å². The van der Waals surface area contributed by atoms with Crippen molar-refractivity contribution in [3.8, 4) is 0 Å². The molecule has 1 aromatic rings. The molecule has 1 saturated carbocycles. The smallest absolute Gasteiger partial charge is 0.0138 e. The first-order valence-electron chi connectivity index (χ1n) is 6.43. The SMILES string of the molecule is CC(C)(N)Cc1ccccc1C1CCCC1. The van der Waals surface area contributed by atoms with Crippen molar-refractivity contribution in [2.24, 2.45) is 5.73 Å². The highest BCUT2D eigenvalue weighted by molar-refractivity contribution is 5.32. The molecule has 1 fully saturated rings. The second-order valence-corrected chi connectivity index (χ2v) is 5.85. The average Bonchev–Trinajstić information content (AvgIpc) is 2.69. The standard InChI is InChI=1S/C15H23N/c1-15(2,16)11-13-9-5-6-10-14(13)12-7-3-4-8-12/h5-6,9-10,12H,3-4,7-8,11,16H2,1-2H3. The van der Waals surface area contributed by atoms with Gasteiger partial charge in [-0.05, 0) is 50.2 Å². The summed E-state index contributed by atoms with van der Waals surface area (Å²) >= 11 is 0. The predicted molar refractivity (Wildman–Crippen MR) is 69.6 cm³/mol. The van der Waals surface area contributed by atoms with E-state index in [2.05, 4.69) is 38.1 Å². The second-order valence-electron chi connectivity index (χ2n) is 5.85. The van der Waals surface area contributed by atoms with Crippen LogP contribution in [0.25, 0.3) is 0 Å². The van der Waals surface area contributed by atoms with Gasteiger partial charge in [-0.15, -0.1) is 0 Å². The predicted octanol–water partition coefficient (Wildman–Crippen LogP) is 3.62. The van der Waals surface area contributed by atoms with Gasteiger partial charge in [-0.2, -0.15) is 0 Å². The summed E-state index contributed by atoms with van der Waals surface area (Å²) in [5.74, 6) is 0.790. The zero-order valence-corrected chi connectivity index (χ0v) is 10.5. The number of nitrogens with two attached hydrogens (primary N) is 1. The van der Waals surface area contributed by atoms with Crippen molar-refractivity contribution in [2.75, 3.05) is 0 Å². The molecule has 0 radical (unpaired) electrons. The van der Waals surface area contributed by atoms with Crippen LogP contribution in [0.2, 0.25) is 0 Å². The molecular weight excluding hydrogens is 194 g/mol. The molecule has 88 valence electrons. The molecule has 0 aromatic heterocycles. The Bertz CT molecular complexity index is 343. The molecule has 2 rings (SSSR count). The lowest BCUT2D eigenvalue weighted by molar-refractivity contribution is 0.511. The summed E-state index contributed by atoms with van der Waals surface area (Å²) < 4.78 is 0. The van der Waals surface area contributed by atoms with E-state index >= 15 is 0 Å². The van der Waals surface area contributed by atoms with Gasteiger partial charge in [0.1, 0.15) is 0 Å². The highest BCUT2D eigenvalue weighted by atomic mass is 14.7. The molecule has 0 bridgehead atoms. The first-order chi connectivity index (χ1) is 7.56. The quantitative estimate of drug-likeness (QED) is 0.822. The van der Waals surface area contributed by atoms with Crippen LogP contribution in [0.3, 0.4) is 0 Å². The third-order valence-electron chi connectivity index (χ3n) is 3.50. The van der Waals surface area contributed by atoms with Gasteiger partial charge >= 0.3 is 0 Å². The fraction of sp³-hybridized carbons (Fsp3) is 0.600. The molecule has 0 amide bonds. The lowest BCUT2D eigenvalue weighted by Gasteiger charge is -2.22. The van der Waals surface area contributed by atoms with Crippen LogP contribution in [0.15, 0.2) is 24.3 Å². The molecule has 1 aliphatic carbocycles. The maximum absolute atomic E-state index is 6.14. The molecule has 2 N–H and O–H groups in total. The fourth-order valence-electron chi connectivity index (χ4n) is 2.82. The van der Waals surface area contributed by atoms with E-state index in [9.17, 15) is 0 Å². The highest BCUT2D eigenvalue weighted by Gasteiger charge is 2.21. The van der Waals surface area contributed by atoms with Gasteiger partial charge in [0.2, 0.25) is 0 Å². The molecular formula is C15H23N. The third kappa shape index (κ3) is 2.85. The van der Waals surface area contributed by atoms with Crippen LogP contribution in [-0.4, -0.2) is 5.54 Å². The summed E-state index contributed by atoms with van der Waals surface area (Å²) in [5.41, 5.74) is 9.05. The van der Waals surface area contributed by atoms with E-state index in [0.717, 1.165) is 12.3 Å². The Balaban J connectivity index is 2.23. The number of hydrogen-bond donors (Lipinski definition) is 1. The van der Waals surface area contributed by atoms with Crippen molar-refractivity contribution in [1.29, 1.82) is 0 Å². The molecule has 0 heterocycles. The van der Waals surface area contributed by atoms with E-state index in [1.807, 2.05) is 0 Å². The molecule has 1 aromatic carbocycles. The van der Waals surface area contributed by atoms with Gasteiger partial charge < -0.3 is 5.73 Å². The van der Waals surface area contributed by atoms with Gasteiger partial charge in [0.25, 0.3) is 0 Å². The van der Waals surface area contributed by atoms with Crippen molar-refractivity contribution in [1.82, 2.24) is 0 Å². The monoisotopic (exact) mass is 217 g/mol. The summed E-state index contributed by atoms with van der Waals surface area (Å²) in [6, 6.07) is 8.86. The Labute approximate surface area is 99.0 Å². The van der Waals surface area contributed by atoms with Crippen molar-refractivity contribution < 1.29 is 0 Å². The van der Waals surface area contributed by atoms with Crippen LogP contribution in [-0.2, 0) is 6.42 Å². The lowest BCUT2D eigenvalue weighted by atomic mass is 9.87. The zero-order chi connectivity index (χ0) is 11.6. The van der Waals surface area contributed by atoms with Gasteiger partial charge in [-0.25, -0.2) is 0 Å². The summed E-state index contributed by atoms with van der Waals surface area (Å²) in [6.45, 7) is 4.22. The minimum absolute atomic E-state index is 0.102. The Morgan fingerprint density at radius 3 is 2.44 bits per heavy atom. The number of benzene rings is 1. The van der Waals surface area contributed by atoms with Crippen LogP contribution in [0.4, 0.5) is 0 Å². The molecule has 16 heavy (non-hydrogen) atoms. The van der Waals surface area contributed by atoms with E-state index in [1.165, 1.54) is 31.2 Å². The number of hydrogen-bond acceptors (Lipinski definition) is 1. The summed E-state index contributed by atoms with van der Waals surface area (Å²) in [5, 5.41) is 0. The van der Waals surface area contributed by atoms with E-state index in [1.54, 1.807) is 5.56 Å². The van der Waals surface area contributed by atoms with Gasteiger partial charge in [0.15, 0.2) is 0 Å². The highest BCUT2D eigenvalue weighted by Crippen LogP contribution is 2.36. The van der Waals surface area contributed by atoms with Gasteiger partial charge in [0, 0.05) is 5.54 Å². The molecule has 1 aliphatic rings. The topological polar surface area (TPSA) is 26.0 Å². The van der Waals surface area contributed by atoms with E-state index < -0.39 is 0 Å². The van der Waals surface area contributed by atoms with Crippen molar-refractivity contribution >= 4 is 0 Å². The minimum Gasteiger partial charge on any atom is -0.325 e. The fourth-order valence-corrected chi connectivity index (χ4v) is 2.82. The largest absolute Gasteiger partial charge is 0.325 e. The summed E-state index contributed by atoms with van der Waals surface area (Å²) in [6.07, 6.45) is 6.50. The van der Waals surface area contributed by atoms with Crippen molar-refractivity contribution in [2.45, 2.75) is 57.4 Å². The maximum Gasteiger partial charge on any atom is 0.0138 e. The second kappa shape index (κ2) is 4.58. The molecule has 0 atom stereocenters. The molecule has 1 heteroatoms. The number of rotatable bonds is 3. The van der Waals surface area contributed by atoms with Gasteiger partial charge in [-0.1, -0.05) is 37.1 Å².